The fourth-order valence-corrected chi connectivity index (χ4v) is 2.59. The van der Waals surface area contributed by atoms with Crippen LogP contribution in [-0.2, 0) is 6.42 Å². The van der Waals surface area contributed by atoms with Gasteiger partial charge in [-0.25, -0.2) is 14.4 Å². The lowest BCUT2D eigenvalue weighted by atomic mass is 10.1. The highest BCUT2D eigenvalue weighted by Gasteiger charge is 2.08. The number of carbonyl (C=O) groups excluding carboxylic acids is 1. The molecule has 2 aromatic carbocycles. The van der Waals surface area contributed by atoms with Crippen molar-refractivity contribution in [1.29, 1.82) is 0 Å². The van der Waals surface area contributed by atoms with Crippen LogP contribution in [0.2, 0.25) is 0 Å². The van der Waals surface area contributed by atoms with Crippen LogP contribution in [-0.4, -0.2) is 22.4 Å². The predicted octanol–water partition coefficient (Wildman–Crippen LogP) is 3.95. The van der Waals surface area contributed by atoms with E-state index in [2.05, 4.69) is 20.6 Å². The monoisotopic (exact) mass is 364 g/mol. The average Bonchev–Trinajstić information content (AvgIpc) is 2.67. The molecule has 0 aliphatic heterocycles. The van der Waals surface area contributed by atoms with Crippen LogP contribution in [0, 0.1) is 19.7 Å². The van der Waals surface area contributed by atoms with Crippen LogP contribution in [0.4, 0.5) is 16.0 Å². The summed E-state index contributed by atoms with van der Waals surface area (Å²) in [6.07, 6.45) is 3.61. The Morgan fingerprint density at radius 1 is 1.04 bits per heavy atom. The SMILES string of the molecule is Cc1cccc(Nc2ncc(C(=O)NCCc3ccc(F)cc3)cn2)c1C. The molecule has 3 aromatic rings. The van der Waals surface area contributed by atoms with Crippen LogP contribution in [0.3, 0.4) is 0 Å². The van der Waals surface area contributed by atoms with E-state index < -0.39 is 0 Å². The Hall–Kier alpha value is -3.28. The number of carbonyl (C=O) groups is 1. The molecule has 5 nitrogen and oxygen atoms in total. The highest BCUT2D eigenvalue weighted by atomic mass is 19.1. The minimum absolute atomic E-state index is 0.240. The topological polar surface area (TPSA) is 66.9 Å². The minimum Gasteiger partial charge on any atom is -0.352 e. The van der Waals surface area contributed by atoms with Crippen LogP contribution < -0.4 is 10.6 Å². The molecule has 0 atom stereocenters. The van der Waals surface area contributed by atoms with Crippen molar-refractivity contribution in [1.82, 2.24) is 15.3 Å². The van der Waals surface area contributed by atoms with Gasteiger partial charge in [-0.2, -0.15) is 0 Å². The van der Waals surface area contributed by atoms with Gasteiger partial charge in [0.25, 0.3) is 5.91 Å². The van der Waals surface area contributed by atoms with Gasteiger partial charge in [0.05, 0.1) is 5.56 Å². The number of nitrogens with one attached hydrogen (secondary N) is 2. The van der Waals surface area contributed by atoms with Gasteiger partial charge in [-0.3, -0.25) is 4.79 Å². The first kappa shape index (κ1) is 18.5. The third-order valence-electron chi connectivity index (χ3n) is 4.38. The molecule has 0 bridgehead atoms. The molecule has 138 valence electrons. The Kier molecular flexibility index (Phi) is 5.76. The summed E-state index contributed by atoms with van der Waals surface area (Å²) in [4.78, 5) is 20.6. The van der Waals surface area contributed by atoms with E-state index in [-0.39, 0.29) is 11.7 Å². The van der Waals surface area contributed by atoms with Gasteiger partial charge in [-0.15, -0.1) is 0 Å². The summed E-state index contributed by atoms with van der Waals surface area (Å²) in [5.74, 6) is -0.0727. The number of hydrogen-bond donors (Lipinski definition) is 2. The largest absolute Gasteiger partial charge is 0.352 e. The van der Waals surface area contributed by atoms with Gasteiger partial charge >= 0.3 is 0 Å². The van der Waals surface area contributed by atoms with Crippen molar-refractivity contribution in [2.75, 3.05) is 11.9 Å². The van der Waals surface area contributed by atoms with Crippen LogP contribution >= 0.6 is 0 Å². The number of hydrogen-bond acceptors (Lipinski definition) is 4. The average molecular weight is 364 g/mol. The van der Waals surface area contributed by atoms with Crippen LogP contribution in [0.1, 0.15) is 27.0 Å². The van der Waals surface area contributed by atoms with Crippen molar-refractivity contribution < 1.29 is 9.18 Å². The molecule has 27 heavy (non-hydrogen) atoms. The van der Waals surface area contributed by atoms with E-state index in [1.165, 1.54) is 30.1 Å². The minimum atomic E-state index is -0.269. The van der Waals surface area contributed by atoms with Gasteiger partial charge < -0.3 is 10.6 Å². The summed E-state index contributed by atoms with van der Waals surface area (Å²) in [7, 11) is 0. The number of amides is 1. The molecule has 3 rings (SSSR count). The first-order valence-corrected chi connectivity index (χ1v) is 8.71. The number of benzene rings is 2. The van der Waals surface area contributed by atoms with Gasteiger partial charge in [-0.05, 0) is 55.2 Å². The zero-order chi connectivity index (χ0) is 19.2. The molecule has 0 aliphatic rings. The van der Waals surface area contributed by atoms with E-state index in [1.807, 2.05) is 32.0 Å². The molecule has 0 saturated heterocycles. The summed E-state index contributed by atoms with van der Waals surface area (Å²) in [6.45, 7) is 4.52. The Morgan fingerprint density at radius 3 is 2.44 bits per heavy atom. The molecule has 1 amide bonds. The quantitative estimate of drug-likeness (QED) is 0.695. The molecule has 0 spiro atoms. The van der Waals surface area contributed by atoms with E-state index >= 15 is 0 Å². The number of aromatic nitrogens is 2. The van der Waals surface area contributed by atoms with Gasteiger partial charge in [0.15, 0.2) is 0 Å². The van der Waals surface area contributed by atoms with Crippen molar-refractivity contribution in [2.24, 2.45) is 0 Å². The lowest BCUT2D eigenvalue weighted by Crippen LogP contribution is -2.26. The number of rotatable bonds is 6. The summed E-state index contributed by atoms with van der Waals surface area (Å²) in [5.41, 5.74) is 4.59. The molecular weight excluding hydrogens is 343 g/mol. The molecule has 0 saturated carbocycles. The molecule has 1 aromatic heterocycles. The summed E-state index contributed by atoms with van der Waals surface area (Å²) < 4.78 is 12.9. The molecular formula is C21H21FN4O. The highest BCUT2D eigenvalue weighted by molar-refractivity contribution is 5.93. The van der Waals surface area contributed by atoms with E-state index in [4.69, 9.17) is 0 Å². The predicted molar refractivity (Wildman–Crippen MR) is 104 cm³/mol. The van der Waals surface area contributed by atoms with Gasteiger partial charge in [-0.1, -0.05) is 24.3 Å². The molecule has 0 aliphatic carbocycles. The molecule has 0 unspecified atom stereocenters. The van der Waals surface area contributed by atoms with Gasteiger partial charge in [0, 0.05) is 24.6 Å². The first-order valence-electron chi connectivity index (χ1n) is 8.71. The van der Waals surface area contributed by atoms with Crippen molar-refractivity contribution in [3.63, 3.8) is 0 Å². The summed E-state index contributed by atoms with van der Waals surface area (Å²) >= 11 is 0. The van der Waals surface area contributed by atoms with E-state index in [9.17, 15) is 9.18 Å². The number of nitrogens with zero attached hydrogens (tertiary/aromatic N) is 2. The normalized spacial score (nSPS) is 10.5. The zero-order valence-electron chi connectivity index (χ0n) is 15.3. The standard InChI is InChI=1S/C21H21FN4O/c1-14-4-3-5-19(15(14)2)26-21-24-12-17(13-25-21)20(27)23-11-10-16-6-8-18(22)9-7-16/h3-9,12-13H,10-11H2,1-2H3,(H,23,27)(H,24,25,26). The van der Waals surface area contributed by atoms with E-state index in [1.54, 1.807) is 12.1 Å². The van der Waals surface area contributed by atoms with Gasteiger partial charge in [0.1, 0.15) is 5.82 Å². The van der Waals surface area contributed by atoms with Crippen LogP contribution in [0.5, 0.6) is 0 Å². The van der Waals surface area contributed by atoms with Crippen molar-refractivity contribution in [3.8, 4) is 0 Å². The van der Waals surface area contributed by atoms with E-state index in [0.29, 0.717) is 24.5 Å². The molecule has 1 heterocycles. The maximum Gasteiger partial charge on any atom is 0.254 e. The Balaban J connectivity index is 1.55. The van der Waals surface area contributed by atoms with Crippen molar-refractivity contribution in [3.05, 3.63) is 82.9 Å². The Bertz CT molecular complexity index is 924. The Labute approximate surface area is 157 Å². The highest BCUT2D eigenvalue weighted by Crippen LogP contribution is 2.20. The van der Waals surface area contributed by atoms with Crippen LogP contribution in [0.25, 0.3) is 0 Å². The third-order valence-corrected chi connectivity index (χ3v) is 4.38. The van der Waals surface area contributed by atoms with Crippen molar-refractivity contribution in [2.45, 2.75) is 20.3 Å². The smallest absolute Gasteiger partial charge is 0.254 e. The maximum atomic E-state index is 12.9. The second-order valence-electron chi connectivity index (χ2n) is 6.30. The second kappa shape index (κ2) is 8.40. The maximum absolute atomic E-state index is 12.9. The lowest BCUT2D eigenvalue weighted by Gasteiger charge is -2.10. The summed E-state index contributed by atoms with van der Waals surface area (Å²) in [5, 5.41) is 5.98. The number of anilines is 2. The fraction of sp³-hybridized carbons (Fsp3) is 0.190. The third kappa shape index (κ3) is 4.88. The van der Waals surface area contributed by atoms with Gasteiger partial charge in [0.2, 0.25) is 5.95 Å². The molecule has 6 heteroatoms. The zero-order valence-corrected chi connectivity index (χ0v) is 15.3. The van der Waals surface area contributed by atoms with Crippen molar-refractivity contribution >= 4 is 17.5 Å². The van der Waals surface area contributed by atoms with E-state index in [0.717, 1.165) is 16.8 Å². The second-order valence-corrected chi connectivity index (χ2v) is 6.30. The summed E-state index contributed by atoms with van der Waals surface area (Å²) in [6, 6.07) is 12.2. The Morgan fingerprint density at radius 2 is 1.74 bits per heavy atom. The fourth-order valence-electron chi connectivity index (χ4n) is 2.59. The molecule has 2 N–H and O–H groups in total. The number of halogens is 1. The van der Waals surface area contributed by atoms with Crippen LogP contribution in [0.15, 0.2) is 54.9 Å². The molecule has 0 radical (unpaired) electrons. The molecule has 0 fully saturated rings. The first-order chi connectivity index (χ1) is 13.0. The lowest BCUT2D eigenvalue weighted by molar-refractivity contribution is 0.0953. The number of aryl methyl sites for hydroxylation is 1.